The van der Waals surface area contributed by atoms with Crippen LogP contribution in [0.25, 0.3) is 0 Å². The van der Waals surface area contributed by atoms with Crippen molar-refractivity contribution in [2.45, 2.75) is 13.0 Å². The summed E-state index contributed by atoms with van der Waals surface area (Å²) >= 11 is 11.6. The maximum absolute atomic E-state index is 12.1. The largest absolute Gasteiger partial charge is 0.449 e. The number of esters is 1. The molecule has 0 heterocycles. The van der Waals surface area contributed by atoms with E-state index in [1.165, 1.54) is 49.4 Å². The Balaban J connectivity index is 1.99. The fourth-order valence-electron chi connectivity index (χ4n) is 1.86. The van der Waals surface area contributed by atoms with Crippen LogP contribution in [0.1, 0.15) is 17.3 Å². The van der Waals surface area contributed by atoms with Crippen LogP contribution in [0.15, 0.2) is 42.5 Å². The highest BCUT2D eigenvalue weighted by atomic mass is 35.5. The number of amides is 1. The van der Waals surface area contributed by atoms with E-state index in [9.17, 15) is 19.7 Å². The summed E-state index contributed by atoms with van der Waals surface area (Å²) in [5, 5.41) is 13.6. The summed E-state index contributed by atoms with van der Waals surface area (Å²) in [5.41, 5.74) is 0.354. The van der Waals surface area contributed by atoms with Crippen molar-refractivity contribution in [1.29, 1.82) is 0 Å². The predicted molar refractivity (Wildman–Crippen MR) is 93.1 cm³/mol. The van der Waals surface area contributed by atoms with Crippen LogP contribution < -0.4 is 5.32 Å². The molecule has 9 heteroatoms. The maximum Gasteiger partial charge on any atom is 0.339 e. The minimum Gasteiger partial charge on any atom is -0.449 e. The Morgan fingerprint density at radius 2 is 1.68 bits per heavy atom. The van der Waals surface area contributed by atoms with E-state index in [0.717, 1.165) is 0 Å². The first-order valence-corrected chi connectivity index (χ1v) is 7.74. The van der Waals surface area contributed by atoms with Crippen LogP contribution in [-0.4, -0.2) is 22.9 Å². The standard InChI is InChI=1S/C16H12Cl2N2O5/c1-9(25-16(22)10-6-11(17)8-12(18)7-10)15(21)19-13-2-4-14(5-3-13)20(23)24/h2-9H,1H3,(H,19,21). The highest BCUT2D eigenvalue weighted by Gasteiger charge is 2.20. The minimum atomic E-state index is -1.10. The van der Waals surface area contributed by atoms with Crippen LogP contribution in [0.2, 0.25) is 10.0 Å². The summed E-state index contributed by atoms with van der Waals surface area (Å²) in [6, 6.07) is 9.46. The molecule has 0 saturated heterocycles. The number of benzene rings is 2. The number of hydrogen-bond acceptors (Lipinski definition) is 5. The molecule has 0 aliphatic heterocycles. The molecular formula is C16H12Cl2N2O5. The molecule has 1 amide bonds. The van der Waals surface area contributed by atoms with Gasteiger partial charge in [0.2, 0.25) is 0 Å². The van der Waals surface area contributed by atoms with Gasteiger partial charge in [-0.1, -0.05) is 23.2 Å². The number of non-ortho nitro benzene ring substituents is 1. The molecule has 0 saturated carbocycles. The van der Waals surface area contributed by atoms with E-state index in [-0.39, 0.29) is 21.3 Å². The van der Waals surface area contributed by atoms with Gasteiger partial charge < -0.3 is 10.1 Å². The number of hydrogen-bond donors (Lipinski definition) is 1. The zero-order chi connectivity index (χ0) is 18.6. The number of carbonyl (C=O) groups is 2. The maximum atomic E-state index is 12.1. The predicted octanol–water partition coefficient (Wildman–Crippen LogP) is 4.09. The van der Waals surface area contributed by atoms with Crippen molar-refractivity contribution in [1.82, 2.24) is 0 Å². The van der Waals surface area contributed by atoms with E-state index >= 15 is 0 Å². The van der Waals surface area contributed by atoms with Crippen LogP contribution in [0.5, 0.6) is 0 Å². The van der Waals surface area contributed by atoms with Crippen LogP contribution >= 0.6 is 23.2 Å². The number of nitrogens with one attached hydrogen (secondary N) is 1. The highest BCUT2D eigenvalue weighted by molar-refractivity contribution is 6.35. The molecule has 25 heavy (non-hydrogen) atoms. The number of halogens is 2. The van der Waals surface area contributed by atoms with Crippen molar-refractivity contribution in [2.24, 2.45) is 0 Å². The summed E-state index contributed by atoms with van der Waals surface area (Å²) in [6.45, 7) is 1.39. The fraction of sp³-hybridized carbons (Fsp3) is 0.125. The quantitative estimate of drug-likeness (QED) is 0.477. The van der Waals surface area contributed by atoms with Crippen molar-refractivity contribution in [2.75, 3.05) is 5.32 Å². The van der Waals surface area contributed by atoms with Crippen molar-refractivity contribution >= 4 is 46.5 Å². The number of nitro groups is 1. The molecule has 0 aromatic heterocycles. The fourth-order valence-corrected chi connectivity index (χ4v) is 2.39. The van der Waals surface area contributed by atoms with E-state index in [1.807, 2.05) is 0 Å². The smallest absolute Gasteiger partial charge is 0.339 e. The molecule has 0 aliphatic carbocycles. The number of ether oxygens (including phenoxy) is 1. The summed E-state index contributed by atoms with van der Waals surface area (Å²) in [4.78, 5) is 34.1. The van der Waals surface area contributed by atoms with Crippen LogP contribution in [0.3, 0.4) is 0 Å². The molecule has 0 radical (unpaired) electrons. The molecule has 0 bridgehead atoms. The first-order chi connectivity index (χ1) is 11.8. The van der Waals surface area contributed by atoms with Gasteiger partial charge in [-0.15, -0.1) is 0 Å². The van der Waals surface area contributed by atoms with E-state index < -0.39 is 22.9 Å². The van der Waals surface area contributed by atoms with Gasteiger partial charge in [-0.2, -0.15) is 0 Å². The second-order valence-corrected chi connectivity index (χ2v) is 5.87. The van der Waals surface area contributed by atoms with Gasteiger partial charge >= 0.3 is 5.97 Å². The minimum absolute atomic E-state index is 0.102. The summed E-state index contributed by atoms with van der Waals surface area (Å²) in [5.74, 6) is -1.34. The third-order valence-electron chi connectivity index (χ3n) is 3.10. The number of rotatable bonds is 5. The average molecular weight is 383 g/mol. The van der Waals surface area contributed by atoms with Crippen LogP contribution in [-0.2, 0) is 9.53 Å². The molecule has 1 N–H and O–H groups in total. The van der Waals surface area contributed by atoms with Gasteiger partial charge in [-0.3, -0.25) is 14.9 Å². The monoisotopic (exact) mass is 382 g/mol. The van der Waals surface area contributed by atoms with Crippen molar-refractivity contribution in [3.05, 3.63) is 68.2 Å². The van der Waals surface area contributed by atoms with Gasteiger partial charge in [0, 0.05) is 27.9 Å². The van der Waals surface area contributed by atoms with Gasteiger partial charge in [0.1, 0.15) is 0 Å². The molecule has 2 aromatic carbocycles. The topological polar surface area (TPSA) is 98.5 Å². The Morgan fingerprint density at radius 3 is 2.20 bits per heavy atom. The number of anilines is 1. The Kier molecular flexibility index (Phi) is 5.95. The lowest BCUT2D eigenvalue weighted by Gasteiger charge is -2.13. The van der Waals surface area contributed by atoms with Crippen molar-refractivity contribution in [3.8, 4) is 0 Å². The lowest BCUT2D eigenvalue weighted by atomic mass is 10.2. The zero-order valence-corrected chi connectivity index (χ0v) is 14.4. The average Bonchev–Trinajstić information content (AvgIpc) is 2.54. The molecule has 130 valence electrons. The first kappa shape index (κ1) is 18.7. The Labute approximate surface area is 152 Å². The van der Waals surface area contributed by atoms with Gasteiger partial charge in [0.05, 0.1) is 10.5 Å². The molecule has 0 fully saturated rings. The molecule has 0 aliphatic rings. The lowest BCUT2D eigenvalue weighted by Crippen LogP contribution is -2.30. The third kappa shape index (κ3) is 5.17. The zero-order valence-electron chi connectivity index (χ0n) is 12.9. The molecule has 7 nitrogen and oxygen atoms in total. The Bertz CT molecular complexity index is 804. The SMILES string of the molecule is CC(OC(=O)c1cc(Cl)cc(Cl)c1)C(=O)Nc1ccc([N+](=O)[O-])cc1. The molecule has 1 atom stereocenters. The van der Waals surface area contributed by atoms with E-state index in [1.54, 1.807) is 0 Å². The van der Waals surface area contributed by atoms with Gasteiger partial charge in [0.25, 0.3) is 11.6 Å². The molecule has 1 unspecified atom stereocenters. The van der Waals surface area contributed by atoms with Crippen LogP contribution in [0.4, 0.5) is 11.4 Å². The summed E-state index contributed by atoms with van der Waals surface area (Å²) in [7, 11) is 0. The molecule has 0 spiro atoms. The van der Waals surface area contributed by atoms with E-state index in [0.29, 0.717) is 5.69 Å². The second kappa shape index (κ2) is 7.96. The lowest BCUT2D eigenvalue weighted by molar-refractivity contribution is -0.384. The van der Waals surface area contributed by atoms with Gasteiger partial charge in [-0.25, -0.2) is 4.79 Å². The van der Waals surface area contributed by atoms with Crippen LogP contribution in [0, 0.1) is 10.1 Å². The van der Waals surface area contributed by atoms with Gasteiger partial charge in [0.15, 0.2) is 6.10 Å². The van der Waals surface area contributed by atoms with Crippen molar-refractivity contribution in [3.63, 3.8) is 0 Å². The molecule has 2 rings (SSSR count). The number of carbonyl (C=O) groups excluding carboxylic acids is 2. The Hall–Kier alpha value is -2.64. The molecular weight excluding hydrogens is 371 g/mol. The number of nitrogens with zero attached hydrogens (tertiary/aromatic N) is 1. The second-order valence-electron chi connectivity index (χ2n) is 5.00. The summed E-state index contributed by atoms with van der Waals surface area (Å²) in [6.07, 6.45) is -1.10. The highest BCUT2D eigenvalue weighted by Crippen LogP contribution is 2.20. The van der Waals surface area contributed by atoms with E-state index in [2.05, 4.69) is 5.32 Å². The Morgan fingerprint density at radius 1 is 1.12 bits per heavy atom. The van der Waals surface area contributed by atoms with Crippen molar-refractivity contribution < 1.29 is 19.2 Å². The number of nitro benzene ring substituents is 1. The van der Waals surface area contributed by atoms with Gasteiger partial charge in [-0.05, 0) is 37.3 Å². The summed E-state index contributed by atoms with van der Waals surface area (Å²) < 4.78 is 5.07. The first-order valence-electron chi connectivity index (χ1n) is 6.98. The molecule has 2 aromatic rings. The normalized spacial score (nSPS) is 11.5. The van der Waals surface area contributed by atoms with E-state index in [4.69, 9.17) is 27.9 Å². The third-order valence-corrected chi connectivity index (χ3v) is 3.53.